The Labute approximate surface area is 284 Å². The summed E-state index contributed by atoms with van der Waals surface area (Å²) in [5, 5.41) is 48.7. The van der Waals surface area contributed by atoms with E-state index in [-0.39, 0.29) is 6.04 Å². The van der Waals surface area contributed by atoms with Crippen molar-refractivity contribution in [3.05, 3.63) is 130 Å². The molecule has 1 unspecified atom stereocenters. The summed E-state index contributed by atoms with van der Waals surface area (Å²) in [4.78, 5) is 52.9. The maximum Gasteiger partial charge on any atom is 0.348 e. The number of carbonyl (C=O) groups excluding carboxylic acids is 2. The topological polar surface area (TPSA) is 180 Å². The van der Waals surface area contributed by atoms with E-state index in [2.05, 4.69) is 80.8 Å². The van der Waals surface area contributed by atoms with Gasteiger partial charge in [0.25, 0.3) is 11.2 Å². The number of nitrogens with one attached hydrogen (secondary N) is 1. The number of aliphatic hydroxyl groups is 2. The number of nitrogens with zero attached hydrogens (tertiary/aromatic N) is 2. The molecular formula is C38H39N3O8. The molecule has 1 heterocycles. The van der Waals surface area contributed by atoms with E-state index in [1.165, 1.54) is 70.0 Å². The van der Waals surface area contributed by atoms with E-state index in [1.54, 1.807) is 0 Å². The molecule has 254 valence electrons. The Morgan fingerprint density at radius 2 is 0.959 bits per heavy atom. The molecule has 1 saturated heterocycles. The first kappa shape index (κ1) is 36.2. The summed E-state index contributed by atoms with van der Waals surface area (Å²) in [6.45, 7) is 11.6. The average molecular weight is 666 g/mol. The third-order valence-corrected chi connectivity index (χ3v) is 8.63. The number of carboxylic acid groups (broad SMARTS) is 2. The minimum absolute atomic E-state index is 0.279. The lowest BCUT2D eigenvalue weighted by molar-refractivity contribution is -0.187. The number of rotatable bonds is 9. The molecule has 1 aliphatic rings. The van der Waals surface area contributed by atoms with Crippen LogP contribution in [0.5, 0.6) is 0 Å². The molecule has 11 heteroatoms. The van der Waals surface area contributed by atoms with Gasteiger partial charge in [-0.05, 0) is 56.9 Å². The van der Waals surface area contributed by atoms with Gasteiger partial charge >= 0.3 is 11.9 Å². The van der Waals surface area contributed by atoms with Crippen molar-refractivity contribution < 1.29 is 39.6 Å². The quantitative estimate of drug-likeness (QED) is 0.121. The van der Waals surface area contributed by atoms with Gasteiger partial charge in [-0.15, -0.1) is 0 Å². The third-order valence-electron chi connectivity index (χ3n) is 8.63. The van der Waals surface area contributed by atoms with Crippen molar-refractivity contribution in [3.8, 4) is 0 Å². The maximum absolute atomic E-state index is 12.6. The number of para-hydroxylation sites is 2. The Kier molecular flexibility index (Phi) is 10.5. The van der Waals surface area contributed by atoms with Gasteiger partial charge in [-0.3, -0.25) is 15.0 Å². The molecule has 4 aromatic carbocycles. The smallest absolute Gasteiger partial charge is 0.348 e. The Hall–Kier alpha value is -5.65. The number of aliphatic carboxylic acids is 2. The van der Waals surface area contributed by atoms with Crippen LogP contribution >= 0.6 is 0 Å². The van der Waals surface area contributed by atoms with Crippen LogP contribution in [-0.4, -0.2) is 73.7 Å². The molecule has 49 heavy (non-hydrogen) atoms. The lowest BCUT2D eigenvalue weighted by Gasteiger charge is -2.34. The van der Waals surface area contributed by atoms with E-state index in [0.29, 0.717) is 5.96 Å². The number of carboxylic acids is 2. The maximum atomic E-state index is 12.6. The van der Waals surface area contributed by atoms with Crippen LogP contribution < -0.4 is 9.80 Å². The Morgan fingerprint density at radius 1 is 0.612 bits per heavy atom. The van der Waals surface area contributed by atoms with Crippen molar-refractivity contribution in [1.82, 2.24) is 0 Å². The summed E-state index contributed by atoms with van der Waals surface area (Å²) < 4.78 is 0. The van der Waals surface area contributed by atoms with E-state index >= 15 is 0 Å². The fraction of sp³-hybridized carbons (Fsp3) is 0.237. The normalized spacial score (nSPS) is 16.6. The standard InChI is InChI=1S/C20H25N3.C18H14O8/c1-13-8-6-9-14(2)18(13)22-12-17(5)23(20(22)21)19-15(3)10-7-11-16(19)4;19-13(11-7-3-1-4-8-11)17(25,15(21)22)18(26,16(23)24)14(20)12-9-5-2-6-10-12/h6-11,17,21H,12H2,1-5H3;1-10,25-26H,(H,21,22)(H,23,24)/t;17-,18-/m.1/s1. The Balaban J connectivity index is 0.000000222. The first-order valence-electron chi connectivity index (χ1n) is 15.5. The van der Waals surface area contributed by atoms with Crippen molar-refractivity contribution in [2.75, 3.05) is 16.3 Å². The first-order valence-corrected chi connectivity index (χ1v) is 15.5. The predicted octanol–water partition coefficient (Wildman–Crippen LogP) is 4.95. The van der Waals surface area contributed by atoms with Gasteiger partial charge in [0, 0.05) is 29.0 Å². The molecule has 0 bridgehead atoms. The molecule has 0 aromatic heterocycles. The molecule has 5 N–H and O–H groups in total. The molecule has 1 aliphatic heterocycles. The number of aryl methyl sites for hydroxylation is 4. The summed E-state index contributed by atoms with van der Waals surface area (Å²) in [5.74, 6) is -7.45. The van der Waals surface area contributed by atoms with Crippen molar-refractivity contribution in [2.45, 2.75) is 51.9 Å². The number of Topliss-reactive ketones (excluding diaryl/α,β-unsaturated/α-hetero) is 2. The predicted molar refractivity (Wildman–Crippen MR) is 186 cm³/mol. The number of hydrogen-bond donors (Lipinski definition) is 5. The fourth-order valence-corrected chi connectivity index (χ4v) is 6.14. The molecule has 0 spiro atoms. The summed E-state index contributed by atoms with van der Waals surface area (Å²) in [6.07, 6.45) is 0. The Morgan fingerprint density at radius 3 is 1.31 bits per heavy atom. The highest BCUT2D eigenvalue weighted by Gasteiger charge is 2.69. The number of anilines is 2. The van der Waals surface area contributed by atoms with Gasteiger partial charge in [0.2, 0.25) is 17.5 Å². The molecular weight excluding hydrogens is 626 g/mol. The van der Waals surface area contributed by atoms with Gasteiger partial charge in [-0.1, -0.05) is 97.1 Å². The van der Waals surface area contributed by atoms with Crippen LogP contribution in [0.3, 0.4) is 0 Å². The zero-order valence-corrected chi connectivity index (χ0v) is 27.8. The molecule has 3 atom stereocenters. The van der Waals surface area contributed by atoms with E-state index < -0.39 is 45.8 Å². The molecule has 5 rings (SSSR count). The molecule has 1 fully saturated rings. The molecule has 0 saturated carbocycles. The second-order valence-electron chi connectivity index (χ2n) is 12.1. The van der Waals surface area contributed by atoms with Crippen LogP contribution in [0, 0.1) is 33.1 Å². The first-order chi connectivity index (χ1) is 23.1. The van der Waals surface area contributed by atoms with Crippen LogP contribution in [0.4, 0.5) is 11.4 Å². The van der Waals surface area contributed by atoms with Crippen molar-refractivity contribution in [3.63, 3.8) is 0 Å². The van der Waals surface area contributed by atoms with Crippen LogP contribution in [0.2, 0.25) is 0 Å². The molecule has 0 aliphatic carbocycles. The minimum atomic E-state index is -3.95. The SMILES string of the molecule is Cc1cccc(C)c1N1CC(C)N(c2c(C)cccc2C)C1=N.O=C(O)[C@](O)(C(=O)c1ccccc1)[C@](O)(C(=O)O)C(=O)c1ccccc1. The third kappa shape index (κ3) is 6.46. The number of benzene rings is 4. The summed E-state index contributed by atoms with van der Waals surface area (Å²) >= 11 is 0. The van der Waals surface area contributed by atoms with Gasteiger partial charge in [0.1, 0.15) is 0 Å². The van der Waals surface area contributed by atoms with E-state index in [1.807, 2.05) is 0 Å². The summed E-state index contributed by atoms with van der Waals surface area (Å²) in [7, 11) is 0. The number of ketones is 2. The zero-order chi connectivity index (χ0) is 36.3. The summed E-state index contributed by atoms with van der Waals surface area (Å²) in [6, 6.07) is 25.8. The lowest BCUT2D eigenvalue weighted by atomic mass is 9.73. The minimum Gasteiger partial charge on any atom is -0.479 e. The van der Waals surface area contributed by atoms with Crippen molar-refractivity contribution >= 4 is 40.8 Å². The van der Waals surface area contributed by atoms with Gasteiger partial charge in [0.05, 0.1) is 6.04 Å². The van der Waals surface area contributed by atoms with E-state index in [4.69, 9.17) is 5.41 Å². The van der Waals surface area contributed by atoms with Crippen molar-refractivity contribution in [2.24, 2.45) is 0 Å². The van der Waals surface area contributed by atoms with Gasteiger partial charge in [-0.25, -0.2) is 9.59 Å². The van der Waals surface area contributed by atoms with Crippen LogP contribution in [0.1, 0.15) is 49.9 Å². The van der Waals surface area contributed by atoms with Crippen LogP contribution in [0.25, 0.3) is 0 Å². The molecule has 11 nitrogen and oxygen atoms in total. The second-order valence-corrected chi connectivity index (χ2v) is 12.1. The number of hydrogen-bond acceptors (Lipinski definition) is 7. The van der Waals surface area contributed by atoms with Gasteiger partial charge < -0.3 is 30.2 Å². The highest BCUT2D eigenvalue weighted by molar-refractivity contribution is 6.28. The zero-order valence-electron chi connectivity index (χ0n) is 27.8. The van der Waals surface area contributed by atoms with E-state index in [9.17, 15) is 39.6 Å². The van der Waals surface area contributed by atoms with E-state index in [0.717, 1.165) is 30.8 Å². The highest BCUT2D eigenvalue weighted by atomic mass is 16.5. The van der Waals surface area contributed by atoms with Crippen LogP contribution in [0.15, 0.2) is 97.1 Å². The molecule has 0 radical (unpaired) electrons. The number of carbonyl (C=O) groups is 4. The second kappa shape index (κ2) is 14.2. The van der Waals surface area contributed by atoms with Gasteiger partial charge in [-0.2, -0.15) is 0 Å². The van der Waals surface area contributed by atoms with Gasteiger partial charge in [0.15, 0.2) is 0 Å². The summed E-state index contributed by atoms with van der Waals surface area (Å²) in [5.41, 5.74) is -1.42. The molecule has 4 aromatic rings. The Bertz CT molecular complexity index is 1800. The fourth-order valence-electron chi connectivity index (χ4n) is 6.14. The van der Waals surface area contributed by atoms with Crippen molar-refractivity contribution in [1.29, 1.82) is 5.41 Å². The highest BCUT2D eigenvalue weighted by Crippen LogP contribution is 2.35. The van der Waals surface area contributed by atoms with Crippen LogP contribution in [-0.2, 0) is 9.59 Å². The average Bonchev–Trinajstić information content (AvgIpc) is 3.36. The molecule has 0 amide bonds. The number of guanidine groups is 1. The lowest BCUT2D eigenvalue weighted by Crippen LogP contribution is -2.71. The monoisotopic (exact) mass is 665 g/mol. The largest absolute Gasteiger partial charge is 0.479 e.